The summed E-state index contributed by atoms with van der Waals surface area (Å²) in [6.45, 7) is 6.09. The highest BCUT2D eigenvalue weighted by atomic mass is 19.1. The first-order chi connectivity index (χ1) is 14.9. The number of carbonyl (C=O) groups excluding carboxylic acids is 1. The van der Waals surface area contributed by atoms with Gasteiger partial charge in [-0.1, -0.05) is 25.1 Å². The molecule has 31 heavy (non-hydrogen) atoms. The number of carbonyl (C=O) groups is 1. The minimum absolute atomic E-state index is 0.0904. The van der Waals surface area contributed by atoms with Gasteiger partial charge < -0.3 is 10.6 Å². The topological polar surface area (TPSA) is 78.7 Å². The van der Waals surface area contributed by atoms with Crippen LogP contribution in [0.1, 0.15) is 39.2 Å². The zero-order valence-electron chi connectivity index (χ0n) is 17.7. The van der Waals surface area contributed by atoms with Gasteiger partial charge in [0.1, 0.15) is 5.82 Å². The lowest BCUT2D eigenvalue weighted by molar-refractivity contribution is -0.120. The van der Waals surface area contributed by atoms with Gasteiger partial charge in [0, 0.05) is 35.0 Å². The van der Waals surface area contributed by atoms with E-state index in [1.807, 2.05) is 38.1 Å². The Labute approximate surface area is 180 Å². The molecule has 7 heteroatoms. The van der Waals surface area contributed by atoms with Crippen LogP contribution in [-0.2, 0) is 10.2 Å². The molecule has 0 saturated heterocycles. The SMILES string of the molecule is CC[C@@]1(c2cccc(-c3ccncc3F)c2)C2=CN=NC2NC2=C1C(=O)NC(C)(C)C2. The highest BCUT2D eigenvalue weighted by Gasteiger charge is 2.53. The number of halogens is 1. The van der Waals surface area contributed by atoms with Crippen molar-refractivity contribution in [1.29, 1.82) is 0 Å². The van der Waals surface area contributed by atoms with Crippen LogP contribution in [0.15, 0.2) is 76.0 Å². The Hall–Kier alpha value is -3.35. The second-order valence-electron chi connectivity index (χ2n) is 8.93. The van der Waals surface area contributed by atoms with Crippen LogP contribution in [0.3, 0.4) is 0 Å². The number of hydrogen-bond acceptors (Lipinski definition) is 5. The van der Waals surface area contributed by atoms with E-state index in [1.54, 1.807) is 18.5 Å². The van der Waals surface area contributed by atoms with Gasteiger partial charge in [-0.05, 0) is 43.5 Å². The van der Waals surface area contributed by atoms with Crippen LogP contribution in [0, 0.1) is 5.82 Å². The zero-order chi connectivity index (χ0) is 21.8. The molecule has 158 valence electrons. The fourth-order valence-corrected chi connectivity index (χ4v) is 5.17. The molecular weight excluding hydrogens is 393 g/mol. The fraction of sp³-hybridized carbons (Fsp3) is 0.333. The molecular formula is C24H24FN5O. The van der Waals surface area contributed by atoms with E-state index in [-0.39, 0.29) is 23.4 Å². The van der Waals surface area contributed by atoms with Crippen LogP contribution in [0.2, 0.25) is 0 Å². The van der Waals surface area contributed by atoms with Gasteiger partial charge in [-0.2, -0.15) is 10.2 Å². The standard InChI is InChI=1S/C24H24FN5O/c1-4-24(15-7-5-6-14(10-15)16-8-9-26-13-18(16)25)17-12-27-30-21(17)28-19-11-23(2,3)29-22(31)20(19)24/h5-10,12-13,21,28H,4,11H2,1-3H3,(H,29,31)/t21?,24-/m1/s1. The van der Waals surface area contributed by atoms with Gasteiger partial charge in [0.05, 0.1) is 23.4 Å². The largest absolute Gasteiger partial charge is 0.362 e. The van der Waals surface area contributed by atoms with E-state index >= 15 is 0 Å². The van der Waals surface area contributed by atoms with E-state index in [1.165, 1.54) is 6.20 Å². The van der Waals surface area contributed by atoms with Gasteiger partial charge in [0.2, 0.25) is 0 Å². The van der Waals surface area contributed by atoms with Gasteiger partial charge in [0.15, 0.2) is 6.17 Å². The molecule has 1 amide bonds. The van der Waals surface area contributed by atoms with Crippen molar-refractivity contribution < 1.29 is 9.18 Å². The molecule has 5 rings (SSSR count). The number of hydrogen-bond donors (Lipinski definition) is 2. The Balaban J connectivity index is 1.75. The molecule has 6 nitrogen and oxygen atoms in total. The molecule has 1 aromatic heterocycles. The Morgan fingerprint density at radius 3 is 2.87 bits per heavy atom. The van der Waals surface area contributed by atoms with Crippen molar-refractivity contribution in [2.75, 3.05) is 0 Å². The first-order valence-electron chi connectivity index (χ1n) is 10.5. The third kappa shape index (κ3) is 2.91. The number of benzene rings is 1. The highest BCUT2D eigenvalue weighted by Crippen LogP contribution is 2.51. The van der Waals surface area contributed by atoms with Crippen molar-refractivity contribution in [3.05, 3.63) is 77.1 Å². The van der Waals surface area contributed by atoms with Gasteiger partial charge in [-0.3, -0.25) is 9.78 Å². The molecule has 1 unspecified atom stereocenters. The Bertz CT molecular complexity index is 1180. The van der Waals surface area contributed by atoms with Crippen molar-refractivity contribution in [1.82, 2.24) is 15.6 Å². The number of nitrogens with zero attached hydrogens (tertiary/aromatic N) is 3. The van der Waals surface area contributed by atoms with Gasteiger partial charge in [-0.25, -0.2) is 4.39 Å². The van der Waals surface area contributed by atoms with Crippen LogP contribution in [0.25, 0.3) is 11.1 Å². The van der Waals surface area contributed by atoms with Crippen molar-refractivity contribution in [3.8, 4) is 11.1 Å². The molecule has 0 radical (unpaired) electrons. The fourth-order valence-electron chi connectivity index (χ4n) is 5.17. The lowest BCUT2D eigenvalue weighted by Crippen LogP contribution is -2.58. The van der Waals surface area contributed by atoms with Crippen LogP contribution < -0.4 is 10.6 Å². The maximum absolute atomic E-state index is 14.5. The molecule has 3 aliphatic rings. The van der Waals surface area contributed by atoms with Crippen LogP contribution in [0.4, 0.5) is 4.39 Å². The van der Waals surface area contributed by atoms with Gasteiger partial charge in [0.25, 0.3) is 5.91 Å². The second-order valence-corrected chi connectivity index (χ2v) is 8.93. The number of amides is 1. The minimum atomic E-state index is -0.700. The van der Waals surface area contributed by atoms with Crippen molar-refractivity contribution >= 4 is 5.91 Å². The molecule has 0 fully saturated rings. The number of rotatable bonds is 3. The first kappa shape index (κ1) is 19.6. The van der Waals surface area contributed by atoms with E-state index in [9.17, 15) is 9.18 Å². The summed E-state index contributed by atoms with van der Waals surface area (Å²) in [6.07, 6.45) is 5.58. The Kier molecular flexibility index (Phi) is 4.32. The molecule has 0 bridgehead atoms. The lowest BCUT2D eigenvalue weighted by Gasteiger charge is -2.48. The Morgan fingerprint density at radius 2 is 2.10 bits per heavy atom. The summed E-state index contributed by atoms with van der Waals surface area (Å²) in [5.41, 5.74) is 3.64. The molecule has 1 aromatic carbocycles. The van der Waals surface area contributed by atoms with Crippen LogP contribution in [0.5, 0.6) is 0 Å². The normalized spacial score (nSPS) is 26.0. The van der Waals surface area contributed by atoms with Crippen molar-refractivity contribution in [3.63, 3.8) is 0 Å². The average molecular weight is 417 g/mol. The van der Waals surface area contributed by atoms with E-state index in [0.717, 1.165) is 22.4 Å². The molecule has 0 saturated carbocycles. The lowest BCUT2D eigenvalue weighted by atomic mass is 9.62. The number of nitrogens with one attached hydrogen (secondary N) is 2. The quantitative estimate of drug-likeness (QED) is 0.779. The second kappa shape index (κ2) is 6.83. The summed E-state index contributed by atoms with van der Waals surface area (Å²) >= 11 is 0. The van der Waals surface area contributed by atoms with Crippen LogP contribution >= 0.6 is 0 Å². The molecule has 2 atom stereocenters. The molecule has 3 aliphatic heterocycles. The summed E-state index contributed by atoms with van der Waals surface area (Å²) in [4.78, 5) is 17.3. The Morgan fingerprint density at radius 1 is 1.26 bits per heavy atom. The molecule has 2 aromatic rings. The predicted molar refractivity (Wildman–Crippen MR) is 115 cm³/mol. The molecule has 0 aliphatic carbocycles. The highest BCUT2D eigenvalue weighted by molar-refractivity contribution is 6.00. The minimum Gasteiger partial charge on any atom is -0.362 e. The summed E-state index contributed by atoms with van der Waals surface area (Å²) in [7, 11) is 0. The predicted octanol–water partition coefficient (Wildman–Crippen LogP) is 4.37. The summed E-state index contributed by atoms with van der Waals surface area (Å²) < 4.78 is 14.5. The maximum atomic E-state index is 14.5. The zero-order valence-corrected chi connectivity index (χ0v) is 17.7. The number of fused-ring (bicyclic) bond motifs is 1. The summed E-state index contributed by atoms with van der Waals surface area (Å²) in [5.74, 6) is -0.470. The third-order valence-corrected chi connectivity index (χ3v) is 6.47. The van der Waals surface area contributed by atoms with E-state index < -0.39 is 5.41 Å². The molecule has 0 spiro atoms. The monoisotopic (exact) mass is 417 g/mol. The number of pyridine rings is 1. The third-order valence-electron chi connectivity index (χ3n) is 6.47. The van der Waals surface area contributed by atoms with Crippen molar-refractivity contribution in [2.45, 2.75) is 50.7 Å². The first-order valence-corrected chi connectivity index (χ1v) is 10.5. The molecule has 2 N–H and O–H groups in total. The van der Waals surface area contributed by atoms with Gasteiger partial charge >= 0.3 is 0 Å². The van der Waals surface area contributed by atoms with E-state index in [4.69, 9.17) is 0 Å². The van der Waals surface area contributed by atoms with Crippen LogP contribution in [-0.4, -0.2) is 22.6 Å². The summed E-state index contributed by atoms with van der Waals surface area (Å²) in [6, 6.07) is 9.43. The molecule has 4 heterocycles. The maximum Gasteiger partial charge on any atom is 0.250 e. The number of aromatic nitrogens is 1. The van der Waals surface area contributed by atoms with E-state index in [2.05, 4.69) is 32.8 Å². The number of azo groups is 1. The average Bonchev–Trinajstić information content (AvgIpc) is 3.20. The van der Waals surface area contributed by atoms with E-state index in [0.29, 0.717) is 24.0 Å². The van der Waals surface area contributed by atoms with Gasteiger partial charge in [-0.15, -0.1) is 0 Å². The smallest absolute Gasteiger partial charge is 0.250 e. The van der Waals surface area contributed by atoms with Crippen molar-refractivity contribution in [2.24, 2.45) is 10.2 Å². The summed E-state index contributed by atoms with van der Waals surface area (Å²) in [5, 5.41) is 15.2.